The molecule has 0 unspecified atom stereocenters. The van der Waals surface area contributed by atoms with E-state index < -0.39 is 17.3 Å². The van der Waals surface area contributed by atoms with Crippen molar-refractivity contribution < 1.29 is 29.3 Å². The molecule has 2 amide bonds. The second-order valence-corrected chi connectivity index (χ2v) is 10.4. The number of piperidine rings is 2. The summed E-state index contributed by atoms with van der Waals surface area (Å²) in [6.45, 7) is 12.1. The molecule has 2 heterocycles. The molecule has 174 valence electrons. The topological polar surface area (TPSA) is 99.5 Å². The third-order valence-electron chi connectivity index (χ3n) is 5.84. The molecule has 0 saturated carbocycles. The molecule has 0 aromatic rings. The van der Waals surface area contributed by atoms with E-state index in [0.29, 0.717) is 51.6 Å². The standard InChI is InChI=1S/C22H40N2O6/c1-15-13-17(25)8-11-23(15)19(27)30-22(5,6)10-7-16-14-18(26)9-12-24(16)20(28)29-21(2,3)4/h15-18,25-26H,7-14H2,1-6H3/t15-,16-,17-,18+/m0/s1. The van der Waals surface area contributed by atoms with E-state index >= 15 is 0 Å². The lowest BCUT2D eigenvalue weighted by atomic mass is 9.91. The van der Waals surface area contributed by atoms with E-state index in [0.717, 1.165) is 0 Å². The molecule has 2 aliphatic rings. The number of hydrogen-bond acceptors (Lipinski definition) is 6. The summed E-state index contributed by atoms with van der Waals surface area (Å²) in [4.78, 5) is 28.6. The number of carbonyl (C=O) groups is 2. The molecule has 0 spiro atoms. The van der Waals surface area contributed by atoms with Crippen LogP contribution in [0.15, 0.2) is 0 Å². The molecule has 2 rings (SSSR count). The molecule has 30 heavy (non-hydrogen) atoms. The molecule has 2 aliphatic heterocycles. The van der Waals surface area contributed by atoms with Crippen LogP contribution in [0.3, 0.4) is 0 Å². The fraction of sp³-hybridized carbons (Fsp3) is 0.909. The third kappa shape index (κ3) is 7.30. The lowest BCUT2D eigenvalue weighted by molar-refractivity contribution is -0.0306. The Morgan fingerprint density at radius 2 is 1.43 bits per heavy atom. The molecule has 0 aromatic heterocycles. The molecule has 4 atom stereocenters. The molecular weight excluding hydrogens is 388 g/mol. The minimum atomic E-state index is -0.713. The first-order chi connectivity index (χ1) is 13.8. The van der Waals surface area contributed by atoms with Crippen molar-refractivity contribution >= 4 is 12.2 Å². The van der Waals surface area contributed by atoms with E-state index in [1.165, 1.54) is 0 Å². The molecule has 8 heteroatoms. The van der Waals surface area contributed by atoms with Crippen LogP contribution in [0.5, 0.6) is 0 Å². The zero-order chi connectivity index (χ0) is 22.7. The van der Waals surface area contributed by atoms with Gasteiger partial charge in [0.25, 0.3) is 0 Å². The number of likely N-dealkylation sites (tertiary alicyclic amines) is 2. The quantitative estimate of drug-likeness (QED) is 0.713. The van der Waals surface area contributed by atoms with Gasteiger partial charge in [-0.2, -0.15) is 0 Å². The monoisotopic (exact) mass is 428 g/mol. The van der Waals surface area contributed by atoms with Gasteiger partial charge in [-0.1, -0.05) is 0 Å². The summed E-state index contributed by atoms with van der Waals surface area (Å²) in [6.07, 6.45) is 1.75. The fourth-order valence-electron chi connectivity index (χ4n) is 4.14. The van der Waals surface area contributed by atoms with Crippen LogP contribution < -0.4 is 0 Å². The highest BCUT2D eigenvalue weighted by Gasteiger charge is 2.36. The molecule has 0 radical (unpaired) electrons. The van der Waals surface area contributed by atoms with Gasteiger partial charge < -0.3 is 29.5 Å². The van der Waals surface area contributed by atoms with Crippen LogP contribution in [0.25, 0.3) is 0 Å². The highest BCUT2D eigenvalue weighted by Crippen LogP contribution is 2.28. The SMILES string of the molecule is C[C@H]1C[C@@H](O)CCN1C(=O)OC(C)(C)CC[C@H]1C[C@H](O)CCN1C(=O)OC(C)(C)C. The van der Waals surface area contributed by atoms with Gasteiger partial charge in [-0.25, -0.2) is 9.59 Å². The van der Waals surface area contributed by atoms with Crippen molar-refractivity contribution in [1.29, 1.82) is 0 Å². The van der Waals surface area contributed by atoms with Crippen molar-refractivity contribution in [2.45, 2.75) is 116 Å². The number of hydrogen-bond donors (Lipinski definition) is 2. The van der Waals surface area contributed by atoms with E-state index in [1.807, 2.05) is 41.5 Å². The minimum Gasteiger partial charge on any atom is -0.444 e. The average molecular weight is 429 g/mol. The first kappa shape index (κ1) is 24.7. The lowest BCUT2D eigenvalue weighted by Gasteiger charge is -2.40. The number of aliphatic hydroxyl groups excluding tert-OH is 2. The Morgan fingerprint density at radius 1 is 0.900 bits per heavy atom. The van der Waals surface area contributed by atoms with Crippen LogP contribution in [-0.2, 0) is 9.47 Å². The summed E-state index contributed by atoms with van der Waals surface area (Å²) >= 11 is 0. The van der Waals surface area contributed by atoms with Gasteiger partial charge in [-0.3, -0.25) is 0 Å². The Hall–Kier alpha value is -1.54. The van der Waals surface area contributed by atoms with E-state index in [2.05, 4.69) is 0 Å². The van der Waals surface area contributed by atoms with Crippen LogP contribution >= 0.6 is 0 Å². The maximum Gasteiger partial charge on any atom is 0.410 e. The van der Waals surface area contributed by atoms with Gasteiger partial charge in [0, 0.05) is 25.2 Å². The first-order valence-corrected chi connectivity index (χ1v) is 11.1. The Balaban J connectivity index is 1.94. The number of aliphatic hydroxyl groups is 2. The first-order valence-electron chi connectivity index (χ1n) is 11.1. The highest BCUT2D eigenvalue weighted by atomic mass is 16.6. The summed E-state index contributed by atoms with van der Waals surface area (Å²) in [6, 6.07) is -0.223. The predicted octanol–water partition coefficient (Wildman–Crippen LogP) is 3.29. The van der Waals surface area contributed by atoms with Crippen molar-refractivity contribution in [3.05, 3.63) is 0 Å². The van der Waals surface area contributed by atoms with Gasteiger partial charge >= 0.3 is 12.2 Å². The van der Waals surface area contributed by atoms with Gasteiger partial charge in [0.05, 0.1) is 12.2 Å². The lowest BCUT2D eigenvalue weighted by Crippen LogP contribution is -2.50. The maximum absolute atomic E-state index is 12.7. The molecule has 8 nitrogen and oxygen atoms in total. The zero-order valence-corrected chi connectivity index (χ0v) is 19.4. The van der Waals surface area contributed by atoms with Crippen molar-refractivity contribution in [3.8, 4) is 0 Å². The predicted molar refractivity (Wildman–Crippen MR) is 113 cm³/mol. The summed E-state index contributed by atoms with van der Waals surface area (Å²) < 4.78 is 11.3. The number of rotatable bonds is 4. The fourth-order valence-corrected chi connectivity index (χ4v) is 4.14. The normalized spacial score (nSPS) is 28.3. The molecule has 2 saturated heterocycles. The van der Waals surface area contributed by atoms with Gasteiger partial charge in [-0.15, -0.1) is 0 Å². The Kier molecular flexibility index (Phi) is 8.02. The van der Waals surface area contributed by atoms with Gasteiger partial charge in [0.15, 0.2) is 0 Å². The average Bonchev–Trinajstić information content (AvgIpc) is 2.58. The number of ether oxygens (including phenoxy) is 2. The van der Waals surface area contributed by atoms with Gasteiger partial charge in [0.1, 0.15) is 11.2 Å². The summed E-state index contributed by atoms with van der Waals surface area (Å²) in [5, 5.41) is 19.9. The van der Waals surface area contributed by atoms with Crippen LogP contribution in [0.2, 0.25) is 0 Å². The summed E-state index contributed by atoms with van der Waals surface area (Å²) in [5.74, 6) is 0. The Morgan fingerprint density at radius 3 is 2.00 bits per heavy atom. The number of carbonyl (C=O) groups excluding carboxylic acids is 2. The molecular formula is C22H40N2O6. The summed E-state index contributed by atoms with van der Waals surface area (Å²) in [7, 11) is 0. The van der Waals surface area contributed by atoms with Gasteiger partial charge in [-0.05, 0) is 80.1 Å². The molecule has 2 N–H and O–H groups in total. The van der Waals surface area contributed by atoms with Crippen molar-refractivity contribution in [3.63, 3.8) is 0 Å². The maximum atomic E-state index is 12.7. The molecule has 0 aromatic carbocycles. The zero-order valence-electron chi connectivity index (χ0n) is 19.4. The largest absolute Gasteiger partial charge is 0.444 e. The second-order valence-electron chi connectivity index (χ2n) is 10.4. The smallest absolute Gasteiger partial charge is 0.410 e. The second kappa shape index (κ2) is 9.73. The van der Waals surface area contributed by atoms with E-state index in [4.69, 9.17) is 9.47 Å². The van der Waals surface area contributed by atoms with Crippen LogP contribution in [-0.4, -0.2) is 80.8 Å². The minimum absolute atomic E-state index is 0.0619. The summed E-state index contributed by atoms with van der Waals surface area (Å²) in [5.41, 5.74) is -1.29. The molecule has 2 fully saturated rings. The Labute approximate surface area is 180 Å². The third-order valence-corrected chi connectivity index (χ3v) is 5.84. The van der Waals surface area contributed by atoms with E-state index in [-0.39, 0.29) is 30.4 Å². The van der Waals surface area contributed by atoms with E-state index in [9.17, 15) is 19.8 Å². The number of nitrogens with zero attached hydrogens (tertiary/aromatic N) is 2. The van der Waals surface area contributed by atoms with Crippen molar-refractivity contribution in [1.82, 2.24) is 9.80 Å². The van der Waals surface area contributed by atoms with Crippen molar-refractivity contribution in [2.24, 2.45) is 0 Å². The highest BCUT2D eigenvalue weighted by molar-refractivity contribution is 5.69. The van der Waals surface area contributed by atoms with E-state index in [1.54, 1.807) is 9.80 Å². The molecule has 0 bridgehead atoms. The van der Waals surface area contributed by atoms with Gasteiger partial charge in [0.2, 0.25) is 0 Å². The number of amides is 2. The van der Waals surface area contributed by atoms with Crippen LogP contribution in [0, 0.1) is 0 Å². The van der Waals surface area contributed by atoms with Crippen LogP contribution in [0.1, 0.15) is 80.1 Å². The Bertz CT molecular complexity index is 603. The van der Waals surface area contributed by atoms with Crippen molar-refractivity contribution in [2.75, 3.05) is 13.1 Å². The molecule has 0 aliphatic carbocycles. The van der Waals surface area contributed by atoms with Crippen LogP contribution in [0.4, 0.5) is 9.59 Å².